The highest BCUT2D eigenvalue weighted by atomic mass is 15.4. The van der Waals surface area contributed by atoms with Gasteiger partial charge >= 0.3 is 0 Å². The standard InChI is InChI=1S/C17H28N6/c1-22(2)13-15-9-6-8-14(11-15)7-4-5-10-19-17-20-16(12-18)21-23(17)3/h6,8-9,11H,4-5,7,10,12-13,18H2,1-3H3,(H,19,20,21). The van der Waals surface area contributed by atoms with E-state index < -0.39 is 0 Å². The summed E-state index contributed by atoms with van der Waals surface area (Å²) in [7, 11) is 6.08. The molecule has 1 aromatic heterocycles. The topological polar surface area (TPSA) is 72.0 Å². The van der Waals surface area contributed by atoms with E-state index in [0.717, 1.165) is 38.3 Å². The third-order valence-corrected chi connectivity index (χ3v) is 3.66. The molecule has 0 atom stereocenters. The van der Waals surface area contributed by atoms with Gasteiger partial charge in [0.15, 0.2) is 5.82 Å². The lowest BCUT2D eigenvalue weighted by molar-refractivity contribution is 0.402. The van der Waals surface area contributed by atoms with Crippen LogP contribution in [0.1, 0.15) is 29.8 Å². The molecule has 2 rings (SSSR count). The quantitative estimate of drug-likeness (QED) is 0.690. The van der Waals surface area contributed by atoms with Crippen LogP contribution in [0.3, 0.4) is 0 Å². The maximum atomic E-state index is 5.55. The molecular formula is C17H28N6. The summed E-state index contributed by atoms with van der Waals surface area (Å²) in [5.41, 5.74) is 8.33. The first-order chi connectivity index (χ1) is 11.1. The monoisotopic (exact) mass is 316 g/mol. The summed E-state index contributed by atoms with van der Waals surface area (Å²) in [5, 5.41) is 7.54. The van der Waals surface area contributed by atoms with Gasteiger partial charge in [-0.3, -0.25) is 0 Å². The summed E-state index contributed by atoms with van der Waals surface area (Å²) >= 11 is 0. The summed E-state index contributed by atoms with van der Waals surface area (Å²) in [4.78, 5) is 6.53. The summed E-state index contributed by atoms with van der Waals surface area (Å²) in [6.07, 6.45) is 3.36. The summed E-state index contributed by atoms with van der Waals surface area (Å²) in [6.45, 7) is 2.26. The molecule has 0 bridgehead atoms. The lowest BCUT2D eigenvalue weighted by Crippen LogP contribution is -2.10. The van der Waals surface area contributed by atoms with E-state index in [1.165, 1.54) is 11.1 Å². The highest BCUT2D eigenvalue weighted by Crippen LogP contribution is 2.10. The molecule has 0 unspecified atom stereocenters. The van der Waals surface area contributed by atoms with Crippen LogP contribution in [0.15, 0.2) is 24.3 Å². The lowest BCUT2D eigenvalue weighted by Gasteiger charge is -2.11. The van der Waals surface area contributed by atoms with Crippen molar-refractivity contribution in [3.63, 3.8) is 0 Å². The molecule has 0 saturated heterocycles. The van der Waals surface area contributed by atoms with Crippen LogP contribution < -0.4 is 11.1 Å². The zero-order chi connectivity index (χ0) is 16.7. The van der Waals surface area contributed by atoms with E-state index in [4.69, 9.17) is 5.73 Å². The van der Waals surface area contributed by atoms with E-state index in [1.54, 1.807) is 4.68 Å². The zero-order valence-corrected chi connectivity index (χ0v) is 14.4. The van der Waals surface area contributed by atoms with Crippen LogP contribution in [0, 0.1) is 0 Å². The van der Waals surface area contributed by atoms with E-state index in [1.807, 2.05) is 7.05 Å². The Morgan fingerprint density at radius 2 is 2.00 bits per heavy atom. The van der Waals surface area contributed by atoms with Crippen molar-refractivity contribution < 1.29 is 0 Å². The van der Waals surface area contributed by atoms with Gasteiger partial charge < -0.3 is 16.0 Å². The summed E-state index contributed by atoms with van der Waals surface area (Å²) < 4.78 is 1.74. The molecule has 2 aromatic rings. The minimum Gasteiger partial charge on any atom is -0.354 e. The van der Waals surface area contributed by atoms with Crippen LogP contribution in [0.4, 0.5) is 5.95 Å². The molecule has 0 radical (unpaired) electrons. The van der Waals surface area contributed by atoms with Crippen molar-refractivity contribution in [3.05, 3.63) is 41.2 Å². The fourth-order valence-corrected chi connectivity index (χ4v) is 2.58. The molecule has 3 N–H and O–H groups in total. The van der Waals surface area contributed by atoms with Crippen LogP contribution in [0.25, 0.3) is 0 Å². The van der Waals surface area contributed by atoms with Gasteiger partial charge in [-0.1, -0.05) is 24.3 Å². The van der Waals surface area contributed by atoms with Crippen LogP contribution in [0.2, 0.25) is 0 Å². The third kappa shape index (κ3) is 5.65. The van der Waals surface area contributed by atoms with Gasteiger partial charge in [0.05, 0.1) is 6.54 Å². The normalized spacial score (nSPS) is 11.2. The Hall–Kier alpha value is -1.92. The molecule has 0 amide bonds. The van der Waals surface area contributed by atoms with Gasteiger partial charge in [0.25, 0.3) is 0 Å². The number of nitrogens with two attached hydrogens (primary N) is 1. The lowest BCUT2D eigenvalue weighted by atomic mass is 10.1. The third-order valence-electron chi connectivity index (χ3n) is 3.66. The Bertz CT molecular complexity index is 605. The molecule has 1 heterocycles. The Morgan fingerprint density at radius 1 is 1.22 bits per heavy atom. The average molecular weight is 316 g/mol. The van der Waals surface area contributed by atoms with Gasteiger partial charge in [0.2, 0.25) is 5.95 Å². The minimum atomic E-state index is 0.374. The molecule has 23 heavy (non-hydrogen) atoms. The Balaban J connectivity index is 1.72. The first-order valence-corrected chi connectivity index (χ1v) is 8.15. The van der Waals surface area contributed by atoms with Crippen molar-refractivity contribution in [1.29, 1.82) is 0 Å². The van der Waals surface area contributed by atoms with Gasteiger partial charge in [0.1, 0.15) is 0 Å². The fourth-order valence-electron chi connectivity index (χ4n) is 2.58. The number of hydrogen-bond acceptors (Lipinski definition) is 5. The van der Waals surface area contributed by atoms with Crippen LogP contribution in [0.5, 0.6) is 0 Å². The zero-order valence-electron chi connectivity index (χ0n) is 14.4. The van der Waals surface area contributed by atoms with Crippen LogP contribution in [-0.4, -0.2) is 40.3 Å². The van der Waals surface area contributed by atoms with E-state index in [2.05, 4.69) is 58.7 Å². The second-order valence-corrected chi connectivity index (χ2v) is 6.12. The number of hydrogen-bond donors (Lipinski definition) is 2. The molecule has 1 aromatic carbocycles. The number of rotatable bonds is 9. The Kier molecular flexibility index (Phi) is 6.55. The molecule has 0 aliphatic heterocycles. The predicted octanol–water partition coefficient (Wildman–Crippen LogP) is 1.77. The van der Waals surface area contributed by atoms with Gasteiger partial charge in [-0.2, -0.15) is 10.1 Å². The van der Waals surface area contributed by atoms with Crippen molar-refractivity contribution in [2.24, 2.45) is 12.8 Å². The average Bonchev–Trinajstić information content (AvgIpc) is 2.87. The predicted molar refractivity (Wildman–Crippen MR) is 94.2 cm³/mol. The Morgan fingerprint density at radius 3 is 2.70 bits per heavy atom. The summed E-state index contributed by atoms with van der Waals surface area (Å²) in [5.74, 6) is 1.46. The van der Waals surface area contributed by atoms with Crippen molar-refractivity contribution in [2.75, 3.05) is 26.0 Å². The van der Waals surface area contributed by atoms with Crippen molar-refractivity contribution in [1.82, 2.24) is 19.7 Å². The minimum absolute atomic E-state index is 0.374. The molecule has 6 nitrogen and oxygen atoms in total. The number of aryl methyl sites for hydroxylation is 2. The smallest absolute Gasteiger partial charge is 0.221 e. The van der Waals surface area contributed by atoms with Crippen LogP contribution >= 0.6 is 0 Å². The van der Waals surface area contributed by atoms with E-state index in [-0.39, 0.29) is 0 Å². The second-order valence-electron chi connectivity index (χ2n) is 6.12. The van der Waals surface area contributed by atoms with Crippen molar-refractivity contribution >= 4 is 5.95 Å². The fraction of sp³-hybridized carbons (Fsp3) is 0.529. The molecular weight excluding hydrogens is 288 g/mol. The van der Waals surface area contributed by atoms with E-state index in [0.29, 0.717) is 12.4 Å². The van der Waals surface area contributed by atoms with Gasteiger partial charge in [-0.25, -0.2) is 4.68 Å². The maximum Gasteiger partial charge on any atom is 0.221 e. The number of nitrogens with zero attached hydrogens (tertiary/aromatic N) is 4. The van der Waals surface area contributed by atoms with Gasteiger partial charge in [0, 0.05) is 20.1 Å². The number of aromatic nitrogens is 3. The summed E-state index contributed by atoms with van der Waals surface area (Å²) in [6, 6.07) is 8.86. The van der Waals surface area contributed by atoms with E-state index >= 15 is 0 Å². The number of benzene rings is 1. The molecule has 0 spiro atoms. The van der Waals surface area contributed by atoms with Gasteiger partial charge in [-0.15, -0.1) is 0 Å². The molecule has 126 valence electrons. The Labute approximate surface area is 138 Å². The molecule has 0 aliphatic rings. The highest BCUT2D eigenvalue weighted by molar-refractivity contribution is 5.25. The number of unbranched alkanes of at least 4 members (excludes halogenated alkanes) is 1. The number of nitrogens with one attached hydrogen (secondary N) is 1. The first-order valence-electron chi connectivity index (χ1n) is 8.15. The largest absolute Gasteiger partial charge is 0.354 e. The highest BCUT2D eigenvalue weighted by Gasteiger charge is 2.04. The van der Waals surface area contributed by atoms with Gasteiger partial charge in [-0.05, 0) is 44.5 Å². The number of anilines is 1. The molecule has 0 aliphatic carbocycles. The van der Waals surface area contributed by atoms with Crippen molar-refractivity contribution in [3.8, 4) is 0 Å². The SMILES string of the molecule is CN(C)Cc1cccc(CCCCNc2nc(CN)nn2C)c1. The molecule has 0 fully saturated rings. The van der Waals surface area contributed by atoms with Crippen LogP contribution in [-0.2, 0) is 26.6 Å². The molecule has 6 heteroatoms. The molecule has 0 saturated carbocycles. The van der Waals surface area contributed by atoms with E-state index in [9.17, 15) is 0 Å². The van der Waals surface area contributed by atoms with Crippen molar-refractivity contribution in [2.45, 2.75) is 32.4 Å². The maximum absolute atomic E-state index is 5.55. The first kappa shape index (κ1) is 17.4. The second kappa shape index (κ2) is 8.64.